The third-order valence-electron chi connectivity index (χ3n) is 2.35. The monoisotopic (exact) mass is 242 g/mol. The van der Waals surface area contributed by atoms with Gasteiger partial charge in [0, 0.05) is 17.4 Å². The van der Waals surface area contributed by atoms with E-state index in [1.54, 1.807) is 24.9 Å². The van der Waals surface area contributed by atoms with Crippen LogP contribution in [0, 0.1) is 0 Å². The Bertz CT molecular complexity index is 319. The quantitative estimate of drug-likeness (QED) is 0.794. The van der Waals surface area contributed by atoms with Gasteiger partial charge in [0.2, 0.25) is 5.88 Å². The van der Waals surface area contributed by atoms with Crippen molar-refractivity contribution in [2.24, 2.45) is 0 Å². The molecule has 1 aromatic heterocycles. The first-order valence-electron chi connectivity index (χ1n) is 5.12. The van der Waals surface area contributed by atoms with E-state index in [0.29, 0.717) is 5.88 Å². The molecule has 1 rings (SSSR count). The Kier molecular flexibility index (Phi) is 5.42. The predicted octanol–water partition coefficient (Wildman–Crippen LogP) is 1.61. The Morgan fingerprint density at radius 3 is 2.88 bits per heavy atom. The number of rotatable bonds is 6. The molecule has 0 saturated carbocycles. The molecule has 2 unspecified atom stereocenters. The van der Waals surface area contributed by atoms with Gasteiger partial charge in [-0.05, 0) is 19.2 Å². The lowest BCUT2D eigenvalue weighted by molar-refractivity contribution is 0.288. The number of nitrogens with zero attached hydrogens (tertiary/aromatic N) is 1. The molecule has 0 radical (unpaired) electrons. The lowest BCUT2D eigenvalue weighted by atomic mass is 10.2. The van der Waals surface area contributed by atoms with Crippen LogP contribution in [-0.2, 0) is 0 Å². The van der Waals surface area contributed by atoms with Gasteiger partial charge in [-0.3, -0.25) is 0 Å². The molecule has 0 aromatic carbocycles. The minimum Gasteiger partial charge on any atom is -0.481 e. The molecule has 4 nitrogen and oxygen atoms in total. The fraction of sp³-hybridized carbons (Fsp3) is 0.545. The lowest BCUT2D eigenvalue weighted by Gasteiger charge is -2.21. The van der Waals surface area contributed by atoms with E-state index < -0.39 is 0 Å². The second-order valence-corrected chi connectivity index (χ2v) is 4.53. The number of thioether (sulfide) groups is 1. The van der Waals surface area contributed by atoms with Crippen molar-refractivity contribution in [2.75, 3.05) is 25.3 Å². The fourth-order valence-corrected chi connectivity index (χ4v) is 2.00. The second kappa shape index (κ2) is 6.60. The molecular weight excluding hydrogens is 224 g/mol. The summed E-state index contributed by atoms with van der Waals surface area (Å²) in [6, 6.07) is 5.72. The highest BCUT2D eigenvalue weighted by Crippen LogP contribution is 2.16. The van der Waals surface area contributed by atoms with Gasteiger partial charge in [-0.2, -0.15) is 16.7 Å². The zero-order valence-corrected chi connectivity index (χ0v) is 10.6. The van der Waals surface area contributed by atoms with Crippen molar-refractivity contribution in [1.29, 1.82) is 0 Å². The first-order valence-corrected chi connectivity index (χ1v) is 6.41. The van der Waals surface area contributed by atoms with E-state index in [1.807, 2.05) is 25.3 Å². The van der Waals surface area contributed by atoms with Gasteiger partial charge < -0.3 is 15.2 Å². The number of nitrogens with one attached hydrogen (secondary N) is 1. The van der Waals surface area contributed by atoms with Gasteiger partial charge in [0.05, 0.1) is 13.7 Å². The molecule has 1 aromatic rings. The van der Waals surface area contributed by atoms with E-state index in [-0.39, 0.29) is 17.9 Å². The third kappa shape index (κ3) is 3.57. The maximum atomic E-state index is 9.17. The van der Waals surface area contributed by atoms with Crippen LogP contribution < -0.4 is 10.1 Å². The number of methoxy groups -OCH3 is 1. The molecule has 2 atom stereocenters. The van der Waals surface area contributed by atoms with Crippen molar-refractivity contribution in [1.82, 2.24) is 4.98 Å². The summed E-state index contributed by atoms with van der Waals surface area (Å²) < 4.78 is 5.04. The molecule has 16 heavy (non-hydrogen) atoms. The summed E-state index contributed by atoms with van der Waals surface area (Å²) in [5, 5.41) is 12.6. The van der Waals surface area contributed by atoms with E-state index in [4.69, 9.17) is 9.84 Å². The molecule has 0 aliphatic carbocycles. The third-order valence-corrected chi connectivity index (χ3v) is 3.51. The van der Waals surface area contributed by atoms with Crippen LogP contribution in [0.5, 0.6) is 5.88 Å². The van der Waals surface area contributed by atoms with E-state index >= 15 is 0 Å². The van der Waals surface area contributed by atoms with Crippen molar-refractivity contribution in [3.05, 3.63) is 18.2 Å². The highest BCUT2D eigenvalue weighted by Gasteiger charge is 2.15. The molecule has 0 saturated heterocycles. The molecule has 2 N–H and O–H groups in total. The van der Waals surface area contributed by atoms with Crippen LogP contribution in [0.4, 0.5) is 5.82 Å². The largest absolute Gasteiger partial charge is 0.481 e. The number of hydrogen-bond donors (Lipinski definition) is 2. The predicted molar refractivity (Wildman–Crippen MR) is 68.3 cm³/mol. The summed E-state index contributed by atoms with van der Waals surface area (Å²) in [5.74, 6) is 1.35. The van der Waals surface area contributed by atoms with Crippen LogP contribution in [0.1, 0.15) is 6.92 Å². The van der Waals surface area contributed by atoms with Crippen LogP contribution in [0.2, 0.25) is 0 Å². The highest BCUT2D eigenvalue weighted by atomic mass is 32.2. The molecule has 0 amide bonds. The van der Waals surface area contributed by atoms with Crippen molar-refractivity contribution in [3.8, 4) is 5.88 Å². The minimum absolute atomic E-state index is 0.152. The zero-order valence-electron chi connectivity index (χ0n) is 9.80. The fourth-order valence-electron chi connectivity index (χ4n) is 1.37. The average Bonchev–Trinajstić information content (AvgIpc) is 2.31. The SMILES string of the molecule is COc1cccc(NC(C)C(CO)SC)n1. The molecule has 0 fully saturated rings. The maximum Gasteiger partial charge on any atom is 0.214 e. The van der Waals surface area contributed by atoms with Gasteiger partial charge >= 0.3 is 0 Å². The van der Waals surface area contributed by atoms with Gasteiger partial charge in [-0.15, -0.1) is 0 Å². The topological polar surface area (TPSA) is 54.4 Å². The summed E-state index contributed by atoms with van der Waals surface area (Å²) in [6.45, 7) is 2.18. The van der Waals surface area contributed by atoms with Crippen LogP contribution in [-0.4, -0.2) is 41.4 Å². The number of aromatic nitrogens is 1. The number of anilines is 1. The summed E-state index contributed by atoms with van der Waals surface area (Å²) in [6.07, 6.45) is 1.98. The van der Waals surface area contributed by atoms with Crippen molar-refractivity contribution >= 4 is 17.6 Å². The van der Waals surface area contributed by atoms with E-state index in [0.717, 1.165) is 5.82 Å². The van der Waals surface area contributed by atoms with E-state index in [1.165, 1.54) is 0 Å². The van der Waals surface area contributed by atoms with Crippen LogP contribution in [0.25, 0.3) is 0 Å². The highest BCUT2D eigenvalue weighted by molar-refractivity contribution is 7.99. The van der Waals surface area contributed by atoms with Crippen LogP contribution >= 0.6 is 11.8 Å². The summed E-state index contributed by atoms with van der Waals surface area (Å²) in [5.41, 5.74) is 0. The maximum absolute atomic E-state index is 9.17. The number of aliphatic hydroxyl groups excluding tert-OH is 1. The van der Waals surface area contributed by atoms with Gasteiger partial charge in [0.15, 0.2) is 0 Å². The molecule has 5 heteroatoms. The normalized spacial score (nSPS) is 14.2. The van der Waals surface area contributed by atoms with Gasteiger partial charge in [-0.1, -0.05) is 6.07 Å². The van der Waals surface area contributed by atoms with Crippen molar-refractivity contribution in [2.45, 2.75) is 18.2 Å². The molecule has 0 aliphatic rings. The summed E-state index contributed by atoms with van der Waals surface area (Å²) in [7, 11) is 1.59. The van der Waals surface area contributed by atoms with Crippen molar-refractivity contribution < 1.29 is 9.84 Å². The van der Waals surface area contributed by atoms with Crippen LogP contribution in [0.15, 0.2) is 18.2 Å². The Labute approximate surface area is 100 Å². The molecule has 0 bridgehead atoms. The second-order valence-electron chi connectivity index (χ2n) is 3.45. The molecule has 1 heterocycles. The number of aliphatic hydroxyl groups is 1. The number of hydrogen-bond acceptors (Lipinski definition) is 5. The minimum atomic E-state index is 0.152. The average molecular weight is 242 g/mol. The van der Waals surface area contributed by atoms with Gasteiger partial charge in [0.1, 0.15) is 5.82 Å². The first kappa shape index (κ1) is 13.1. The summed E-state index contributed by atoms with van der Waals surface area (Å²) in [4.78, 5) is 4.26. The lowest BCUT2D eigenvalue weighted by Crippen LogP contribution is -2.31. The number of pyridine rings is 1. The molecule has 0 spiro atoms. The molecular formula is C11H18N2O2S. The van der Waals surface area contributed by atoms with Crippen LogP contribution in [0.3, 0.4) is 0 Å². The Hall–Kier alpha value is -0.940. The first-order chi connectivity index (χ1) is 7.71. The van der Waals surface area contributed by atoms with Crippen molar-refractivity contribution in [3.63, 3.8) is 0 Å². The smallest absolute Gasteiger partial charge is 0.214 e. The van der Waals surface area contributed by atoms with Gasteiger partial charge in [0.25, 0.3) is 0 Å². The number of ether oxygens (including phenoxy) is 1. The summed E-state index contributed by atoms with van der Waals surface area (Å²) >= 11 is 1.64. The van der Waals surface area contributed by atoms with E-state index in [9.17, 15) is 0 Å². The molecule has 90 valence electrons. The standard InChI is InChI=1S/C11H18N2O2S/c1-8(9(7-14)16-3)12-10-5-4-6-11(13-10)15-2/h4-6,8-9,14H,7H2,1-3H3,(H,12,13). The van der Waals surface area contributed by atoms with E-state index in [2.05, 4.69) is 10.3 Å². The Morgan fingerprint density at radius 1 is 1.56 bits per heavy atom. The molecule has 0 aliphatic heterocycles. The zero-order chi connectivity index (χ0) is 12.0. The Morgan fingerprint density at radius 2 is 2.31 bits per heavy atom. The van der Waals surface area contributed by atoms with Gasteiger partial charge in [-0.25, -0.2) is 0 Å². The Balaban J connectivity index is 2.64.